The number of rotatable bonds is 2. The Morgan fingerprint density at radius 3 is 2.24 bits per heavy atom. The topological polar surface area (TPSA) is 9.23 Å². The van der Waals surface area contributed by atoms with Gasteiger partial charge in [-0.05, 0) is 49.6 Å². The molecule has 0 unspecified atom stereocenters. The van der Waals surface area contributed by atoms with E-state index in [-0.39, 0.29) is 0 Å². The van der Waals surface area contributed by atoms with Crippen LogP contribution in [0.15, 0.2) is 66.7 Å². The third-order valence-electron chi connectivity index (χ3n) is 4.11. The molecule has 3 heteroatoms. The molecule has 0 bridgehead atoms. The Bertz CT molecular complexity index is 963. The lowest BCUT2D eigenvalue weighted by Crippen LogP contribution is -2.17. The highest BCUT2D eigenvalue weighted by Gasteiger charge is 2.07. The first-order chi connectivity index (χ1) is 10.4. The standard InChI is InChI=1S/C18H16OSi2/c20-19-21-17-7-3-6-12-8-9-15-10-13-4-1-2-5-14(13)11-16(15)18(12)17/h1-11H,21H2,20H3. The fourth-order valence-corrected chi connectivity index (χ4v) is 5.17. The summed E-state index contributed by atoms with van der Waals surface area (Å²) in [7, 11) is 0.228. The summed E-state index contributed by atoms with van der Waals surface area (Å²) in [4.78, 5) is 0. The second-order valence-corrected chi connectivity index (χ2v) is 8.79. The van der Waals surface area contributed by atoms with E-state index in [0.29, 0.717) is 0 Å². The van der Waals surface area contributed by atoms with E-state index in [1.807, 2.05) is 0 Å². The van der Waals surface area contributed by atoms with Gasteiger partial charge < -0.3 is 4.12 Å². The average molecular weight is 304 g/mol. The molecule has 0 N–H and O–H groups in total. The number of hydrogen-bond donors (Lipinski definition) is 0. The summed E-state index contributed by atoms with van der Waals surface area (Å²) in [5, 5.41) is 9.41. The molecule has 4 aromatic carbocycles. The van der Waals surface area contributed by atoms with Crippen molar-refractivity contribution in [2.75, 3.05) is 0 Å². The lowest BCUT2D eigenvalue weighted by Gasteiger charge is -2.10. The SMILES string of the molecule is [SiH3]O[SiH2]c1cccc2ccc3cc4ccccc4cc3c12. The predicted molar refractivity (Wildman–Crippen MR) is 98.2 cm³/mol. The Labute approximate surface area is 129 Å². The third kappa shape index (κ3) is 2.10. The highest BCUT2D eigenvalue weighted by Crippen LogP contribution is 2.28. The molecule has 0 aliphatic heterocycles. The van der Waals surface area contributed by atoms with Crippen molar-refractivity contribution in [2.24, 2.45) is 0 Å². The van der Waals surface area contributed by atoms with Crippen LogP contribution >= 0.6 is 0 Å². The van der Waals surface area contributed by atoms with Gasteiger partial charge in [-0.1, -0.05) is 54.6 Å². The predicted octanol–water partition coefficient (Wildman–Crippen LogP) is 2.15. The van der Waals surface area contributed by atoms with Gasteiger partial charge in [0.1, 0.15) is 10.5 Å². The molecule has 0 saturated heterocycles. The number of benzene rings is 4. The van der Waals surface area contributed by atoms with E-state index in [4.69, 9.17) is 4.12 Å². The third-order valence-corrected chi connectivity index (χ3v) is 6.17. The highest BCUT2D eigenvalue weighted by atomic mass is 28.3. The van der Waals surface area contributed by atoms with Crippen LogP contribution in [-0.4, -0.2) is 20.2 Å². The van der Waals surface area contributed by atoms with Crippen LogP contribution in [-0.2, 0) is 4.12 Å². The Morgan fingerprint density at radius 2 is 1.43 bits per heavy atom. The summed E-state index contributed by atoms with van der Waals surface area (Å²) >= 11 is 0. The molecule has 4 aromatic rings. The Kier molecular flexibility index (Phi) is 3.11. The van der Waals surface area contributed by atoms with Crippen LogP contribution in [0, 0.1) is 0 Å². The van der Waals surface area contributed by atoms with E-state index in [1.165, 1.54) is 37.5 Å². The first-order valence-electron chi connectivity index (χ1n) is 7.19. The maximum absolute atomic E-state index is 5.65. The van der Waals surface area contributed by atoms with Gasteiger partial charge in [0, 0.05) is 0 Å². The van der Waals surface area contributed by atoms with Gasteiger partial charge in [-0.3, -0.25) is 0 Å². The van der Waals surface area contributed by atoms with Crippen LogP contribution in [0.4, 0.5) is 0 Å². The lowest BCUT2D eigenvalue weighted by molar-refractivity contribution is 0.677. The van der Waals surface area contributed by atoms with Crippen LogP contribution < -0.4 is 5.19 Å². The van der Waals surface area contributed by atoms with Gasteiger partial charge in [0.05, 0.1) is 0 Å². The molecule has 0 saturated carbocycles. The van der Waals surface area contributed by atoms with E-state index in [0.717, 1.165) is 10.5 Å². The second kappa shape index (κ2) is 5.11. The van der Waals surface area contributed by atoms with Crippen LogP contribution in [0.1, 0.15) is 0 Å². The second-order valence-electron chi connectivity index (χ2n) is 5.43. The van der Waals surface area contributed by atoms with Gasteiger partial charge in [-0.15, -0.1) is 0 Å². The molecule has 0 aliphatic rings. The summed E-state index contributed by atoms with van der Waals surface area (Å²) < 4.78 is 5.65. The molecule has 0 spiro atoms. The monoisotopic (exact) mass is 304 g/mol. The zero-order chi connectivity index (χ0) is 14.2. The highest BCUT2D eigenvalue weighted by molar-refractivity contribution is 6.55. The summed E-state index contributed by atoms with van der Waals surface area (Å²) in [6.45, 7) is 0. The van der Waals surface area contributed by atoms with Gasteiger partial charge in [0.2, 0.25) is 0 Å². The van der Waals surface area contributed by atoms with Gasteiger partial charge in [-0.25, -0.2) is 0 Å². The molecule has 0 heterocycles. The molecule has 0 aliphatic carbocycles. The van der Waals surface area contributed by atoms with Crippen molar-refractivity contribution in [2.45, 2.75) is 0 Å². The Hall–Kier alpha value is -1.95. The smallest absolute Gasteiger partial charge is 0.178 e. The van der Waals surface area contributed by atoms with Crippen LogP contribution in [0.5, 0.6) is 0 Å². The van der Waals surface area contributed by atoms with Crippen molar-refractivity contribution in [1.82, 2.24) is 0 Å². The van der Waals surface area contributed by atoms with Crippen molar-refractivity contribution in [3.63, 3.8) is 0 Å². The van der Waals surface area contributed by atoms with Crippen molar-refractivity contribution < 1.29 is 4.12 Å². The van der Waals surface area contributed by atoms with Crippen LogP contribution in [0.3, 0.4) is 0 Å². The molecule has 21 heavy (non-hydrogen) atoms. The molecule has 0 amide bonds. The Morgan fingerprint density at radius 1 is 0.714 bits per heavy atom. The molecule has 1 nitrogen and oxygen atoms in total. The number of hydrogen-bond acceptors (Lipinski definition) is 1. The summed E-state index contributed by atoms with van der Waals surface area (Å²) in [6, 6.07) is 24.3. The minimum Gasteiger partial charge on any atom is -0.465 e. The van der Waals surface area contributed by atoms with Gasteiger partial charge in [0.25, 0.3) is 0 Å². The lowest BCUT2D eigenvalue weighted by atomic mass is 9.98. The molecule has 0 aromatic heterocycles. The molecular formula is C18H16OSi2. The van der Waals surface area contributed by atoms with E-state index in [2.05, 4.69) is 66.7 Å². The van der Waals surface area contributed by atoms with Gasteiger partial charge >= 0.3 is 0 Å². The van der Waals surface area contributed by atoms with E-state index < -0.39 is 9.76 Å². The van der Waals surface area contributed by atoms with Crippen LogP contribution in [0.2, 0.25) is 0 Å². The fraction of sp³-hybridized carbons (Fsp3) is 0. The zero-order valence-corrected chi connectivity index (χ0v) is 15.4. The van der Waals surface area contributed by atoms with Gasteiger partial charge in [0.15, 0.2) is 9.76 Å². The average Bonchev–Trinajstić information content (AvgIpc) is 2.53. The molecular weight excluding hydrogens is 288 g/mol. The normalized spacial score (nSPS) is 12.2. The minimum absolute atomic E-state index is 0.601. The first-order valence-corrected chi connectivity index (χ1v) is 9.29. The molecule has 4 rings (SSSR count). The van der Waals surface area contributed by atoms with Gasteiger partial charge in [-0.2, -0.15) is 0 Å². The van der Waals surface area contributed by atoms with Crippen LogP contribution in [0.25, 0.3) is 32.3 Å². The van der Waals surface area contributed by atoms with E-state index >= 15 is 0 Å². The molecule has 0 atom stereocenters. The zero-order valence-electron chi connectivity index (χ0n) is 12.0. The van der Waals surface area contributed by atoms with Crippen molar-refractivity contribution in [3.05, 3.63) is 66.7 Å². The fourth-order valence-electron chi connectivity index (χ4n) is 3.16. The maximum atomic E-state index is 5.65. The first kappa shape index (κ1) is 12.8. The van der Waals surface area contributed by atoms with Crippen molar-refractivity contribution in [1.29, 1.82) is 0 Å². The maximum Gasteiger partial charge on any atom is 0.178 e. The minimum atomic E-state index is -0.601. The largest absolute Gasteiger partial charge is 0.465 e. The Balaban J connectivity index is 2.18. The molecule has 0 fully saturated rings. The van der Waals surface area contributed by atoms with E-state index in [9.17, 15) is 0 Å². The molecule has 0 radical (unpaired) electrons. The number of fused-ring (bicyclic) bond motifs is 4. The van der Waals surface area contributed by atoms with E-state index in [1.54, 1.807) is 0 Å². The summed E-state index contributed by atoms with van der Waals surface area (Å²) in [6.07, 6.45) is 0. The summed E-state index contributed by atoms with van der Waals surface area (Å²) in [5.41, 5.74) is 0. The molecule has 102 valence electrons. The van der Waals surface area contributed by atoms with Crippen molar-refractivity contribution >= 4 is 57.8 Å². The van der Waals surface area contributed by atoms with Crippen molar-refractivity contribution in [3.8, 4) is 0 Å². The quantitative estimate of drug-likeness (QED) is 0.313. The summed E-state index contributed by atoms with van der Waals surface area (Å²) in [5.74, 6) is 0.